The van der Waals surface area contributed by atoms with Crippen molar-refractivity contribution < 1.29 is 0 Å². The van der Waals surface area contributed by atoms with Gasteiger partial charge in [0.15, 0.2) is 0 Å². The van der Waals surface area contributed by atoms with Crippen LogP contribution in [0.25, 0.3) is 21.6 Å². The van der Waals surface area contributed by atoms with Crippen LogP contribution < -0.4 is 0 Å². The second kappa shape index (κ2) is 2.85. The Bertz CT molecular complexity index is 556. The summed E-state index contributed by atoms with van der Waals surface area (Å²) in [6, 6.07) is 7.99. The van der Waals surface area contributed by atoms with Crippen LogP contribution in [0.5, 0.6) is 0 Å². The molecular formula is C8H5N5S. The normalized spacial score (nSPS) is 10.9. The lowest BCUT2D eigenvalue weighted by Gasteiger charge is -1.88. The van der Waals surface area contributed by atoms with Gasteiger partial charge in [-0.1, -0.05) is 18.2 Å². The zero-order chi connectivity index (χ0) is 9.38. The van der Waals surface area contributed by atoms with Gasteiger partial charge in [0, 0.05) is 5.39 Å². The first-order valence-corrected chi connectivity index (χ1v) is 4.81. The number of H-pyrrole nitrogens is 1. The van der Waals surface area contributed by atoms with E-state index in [4.69, 9.17) is 0 Å². The molecule has 2 heterocycles. The highest BCUT2D eigenvalue weighted by Crippen LogP contribution is 2.27. The summed E-state index contributed by atoms with van der Waals surface area (Å²) in [5.41, 5.74) is 0.791. The van der Waals surface area contributed by atoms with Crippen LogP contribution in [0.3, 0.4) is 0 Å². The van der Waals surface area contributed by atoms with Crippen LogP contribution in [0.4, 0.5) is 0 Å². The first-order valence-electron chi connectivity index (χ1n) is 4.03. The van der Waals surface area contributed by atoms with E-state index in [9.17, 15) is 0 Å². The van der Waals surface area contributed by atoms with Gasteiger partial charge in [-0.2, -0.15) is 9.59 Å². The lowest BCUT2D eigenvalue weighted by Crippen LogP contribution is -1.80. The number of nitrogens with zero attached hydrogens (tertiary/aromatic N) is 4. The van der Waals surface area contributed by atoms with E-state index >= 15 is 0 Å². The van der Waals surface area contributed by atoms with Crippen LogP contribution in [0.1, 0.15) is 0 Å². The Hall–Kier alpha value is -1.82. The number of benzene rings is 1. The van der Waals surface area contributed by atoms with Gasteiger partial charge in [-0.05, 0) is 22.8 Å². The van der Waals surface area contributed by atoms with Crippen LogP contribution in [-0.2, 0) is 0 Å². The van der Waals surface area contributed by atoms with Gasteiger partial charge in [-0.25, -0.2) is 0 Å². The van der Waals surface area contributed by atoms with Crippen LogP contribution in [-0.4, -0.2) is 25.0 Å². The molecule has 0 fully saturated rings. The number of nitrogens with one attached hydrogen (secondary N) is 1. The summed E-state index contributed by atoms with van der Waals surface area (Å²) in [6.07, 6.45) is 0. The number of aromatic nitrogens is 5. The molecule has 14 heavy (non-hydrogen) atoms. The van der Waals surface area contributed by atoms with E-state index in [0.29, 0.717) is 5.82 Å². The Morgan fingerprint density at radius 1 is 1.21 bits per heavy atom. The highest BCUT2D eigenvalue weighted by Gasteiger charge is 2.10. The summed E-state index contributed by atoms with van der Waals surface area (Å²) in [5.74, 6) is 0.544. The Kier molecular flexibility index (Phi) is 1.54. The SMILES string of the molecule is c1ccc2c(-c3nn[nH]n3)nsc2c1. The standard InChI is InChI=1S/C8H5N5S/c1-2-4-6-5(3-1)7(11-14-6)8-9-12-13-10-8/h1-4H,(H,9,10,12,13). The quantitative estimate of drug-likeness (QED) is 0.650. The van der Waals surface area contributed by atoms with E-state index in [1.807, 2.05) is 24.3 Å². The van der Waals surface area contributed by atoms with Gasteiger partial charge in [0.25, 0.3) is 0 Å². The Balaban J connectivity index is 2.33. The molecule has 6 heteroatoms. The van der Waals surface area contributed by atoms with Crippen molar-refractivity contribution in [1.29, 1.82) is 0 Å². The van der Waals surface area contributed by atoms with Crippen molar-refractivity contribution in [1.82, 2.24) is 25.0 Å². The number of fused-ring (bicyclic) bond motifs is 1. The predicted molar refractivity (Wildman–Crippen MR) is 52.8 cm³/mol. The smallest absolute Gasteiger partial charge is 0.188 e. The largest absolute Gasteiger partial charge is 0.224 e. The van der Waals surface area contributed by atoms with E-state index < -0.39 is 0 Å². The molecule has 0 aliphatic carbocycles. The van der Waals surface area contributed by atoms with Gasteiger partial charge in [-0.3, -0.25) is 0 Å². The Morgan fingerprint density at radius 3 is 3.00 bits per heavy atom. The molecule has 1 aromatic carbocycles. The van der Waals surface area contributed by atoms with Crippen molar-refractivity contribution in [2.45, 2.75) is 0 Å². The van der Waals surface area contributed by atoms with Crippen molar-refractivity contribution in [3.05, 3.63) is 24.3 Å². The molecular weight excluding hydrogens is 198 g/mol. The molecule has 0 saturated heterocycles. The van der Waals surface area contributed by atoms with E-state index in [1.54, 1.807) is 0 Å². The summed E-state index contributed by atoms with van der Waals surface area (Å²) in [5, 5.41) is 14.8. The van der Waals surface area contributed by atoms with Gasteiger partial charge < -0.3 is 0 Å². The fourth-order valence-corrected chi connectivity index (χ4v) is 2.08. The maximum atomic E-state index is 4.29. The second-order valence-corrected chi connectivity index (χ2v) is 3.57. The lowest BCUT2D eigenvalue weighted by molar-refractivity contribution is 0.881. The summed E-state index contributed by atoms with van der Waals surface area (Å²) in [7, 11) is 0. The van der Waals surface area contributed by atoms with Gasteiger partial charge in [0.05, 0.1) is 4.70 Å². The van der Waals surface area contributed by atoms with E-state index in [0.717, 1.165) is 15.8 Å². The number of rotatable bonds is 1. The molecule has 0 spiro atoms. The fourth-order valence-electron chi connectivity index (χ4n) is 1.31. The van der Waals surface area contributed by atoms with Gasteiger partial charge in [0.1, 0.15) is 5.69 Å². The number of hydrogen-bond acceptors (Lipinski definition) is 5. The van der Waals surface area contributed by atoms with Crippen molar-refractivity contribution >= 4 is 21.6 Å². The predicted octanol–water partition coefficient (Wildman–Crippen LogP) is 1.48. The topological polar surface area (TPSA) is 67.3 Å². The first kappa shape index (κ1) is 7.57. The summed E-state index contributed by atoms with van der Waals surface area (Å²) in [6.45, 7) is 0. The average Bonchev–Trinajstić information content (AvgIpc) is 2.85. The minimum Gasteiger partial charge on any atom is -0.188 e. The van der Waals surface area contributed by atoms with Gasteiger partial charge >= 0.3 is 0 Å². The van der Waals surface area contributed by atoms with Crippen LogP contribution in [0.15, 0.2) is 24.3 Å². The molecule has 5 nitrogen and oxygen atoms in total. The molecule has 0 radical (unpaired) electrons. The zero-order valence-corrected chi connectivity index (χ0v) is 7.82. The van der Waals surface area contributed by atoms with Gasteiger partial charge in [-0.15, -0.1) is 10.2 Å². The minimum absolute atomic E-state index is 0.544. The van der Waals surface area contributed by atoms with Crippen molar-refractivity contribution in [2.75, 3.05) is 0 Å². The Labute approximate surface area is 82.9 Å². The third-order valence-corrected chi connectivity index (χ3v) is 2.76. The van der Waals surface area contributed by atoms with E-state index in [1.165, 1.54) is 11.5 Å². The maximum Gasteiger partial charge on any atom is 0.224 e. The minimum atomic E-state index is 0.544. The molecule has 1 N–H and O–H groups in total. The highest BCUT2D eigenvalue weighted by molar-refractivity contribution is 7.13. The molecule has 0 bridgehead atoms. The molecule has 2 aromatic heterocycles. The van der Waals surface area contributed by atoms with E-state index in [-0.39, 0.29) is 0 Å². The second-order valence-electron chi connectivity index (χ2n) is 2.76. The lowest BCUT2D eigenvalue weighted by atomic mass is 10.2. The zero-order valence-electron chi connectivity index (χ0n) is 7.01. The molecule has 0 amide bonds. The molecule has 0 unspecified atom stereocenters. The number of aromatic amines is 1. The maximum absolute atomic E-state index is 4.29. The number of tetrazole rings is 1. The van der Waals surface area contributed by atoms with Crippen LogP contribution in [0, 0.1) is 0 Å². The number of hydrogen-bond donors (Lipinski definition) is 1. The summed E-state index contributed by atoms with van der Waals surface area (Å²) < 4.78 is 5.43. The molecule has 68 valence electrons. The van der Waals surface area contributed by atoms with E-state index in [2.05, 4.69) is 25.0 Å². The fraction of sp³-hybridized carbons (Fsp3) is 0. The average molecular weight is 203 g/mol. The summed E-state index contributed by atoms with van der Waals surface area (Å²) >= 11 is 1.44. The van der Waals surface area contributed by atoms with Crippen LogP contribution >= 0.6 is 11.5 Å². The molecule has 3 aromatic rings. The monoisotopic (exact) mass is 203 g/mol. The van der Waals surface area contributed by atoms with Crippen molar-refractivity contribution in [3.63, 3.8) is 0 Å². The molecule has 0 atom stereocenters. The first-order chi connectivity index (χ1) is 6.95. The third kappa shape index (κ3) is 1.01. The van der Waals surface area contributed by atoms with Crippen molar-refractivity contribution in [2.24, 2.45) is 0 Å². The highest BCUT2D eigenvalue weighted by atomic mass is 32.1. The summed E-state index contributed by atoms with van der Waals surface area (Å²) in [4.78, 5) is 0. The molecule has 0 aliphatic heterocycles. The molecule has 0 saturated carbocycles. The molecule has 0 aliphatic rings. The third-order valence-electron chi connectivity index (χ3n) is 1.93. The van der Waals surface area contributed by atoms with Crippen molar-refractivity contribution in [3.8, 4) is 11.5 Å². The molecule has 3 rings (SSSR count). The van der Waals surface area contributed by atoms with Crippen LogP contribution in [0.2, 0.25) is 0 Å². The Morgan fingerprint density at radius 2 is 2.14 bits per heavy atom. The van der Waals surface area contributed by atoms with Gasteiger partial charge in [0.2, 0.25) is 5.82 Å².